The molecule has 2 heteroatoms. The maximum atomic E-state index is 6.17. The van der Waals surface area contributed by atoms with Gasteiger partial charge < -0.3 is 10.1 Å². The van der Waals surface area contributed by atoms with Crippen molar-refractivity contribution in [1.29, 1.82) is 0 Å². The zero-order valence-corrected chi connectivity index (χ0v) is 12.6. The molecule has 2 aliphatic rings. The van der Waals surface area contributed by atoms with Gasteiger partial charge in [-0.05, 0) is 42.9 Å². The third-order valence-corrected chi connectivity index (χ3v) is 4.86. The van der Waals surface area contributed by atoms with Crippen LogP contribution in [0, 0.1) is 5.92 Å². The van der Waals surface area contributed by atoms with Crippen molar-refractivity contribution in [3.63, 3.8) is 0 Å². The summed E-state index contributed by atoms with van der Waals surface area (Å²) in [5, 5.41) is 3.75. The first-order chi connectivity index (χ1) is 9.88. The number of hydrogen-bond acceptors (Lipinski definition) is 2. The van der Waals surface area contributed by atoms with E-state index in [1.807, 2.05) is 0 Å². The Hall–Kier alpha value is -0.860. The zero-order chi connectivity index (χ0) is 13.8. The monoisotopic (exact) mass is 273 g/mol. The minimum absolute atomic E-state index is 0.257. The Morgan fingerprint density at radius 2 is 2.15 bits per heavy atom. The molecule has 1 aromatic carbocycles. The van der Waals surface area contributed by atoms with Crippen molar-refractivity contribution in [2.45, 2.75) is 57.6 Å². The van der Waals surface area contributed by atoms with Gasteiger partial charge in [-0.1, -0.05) is 50.5 Å². The van der Waals surface area contributed by atoms with Gasteiger partial charge in [0.2, 0.25) is 0 Å². The molecule has 0 amide bonds. The highest BCUT2D eigenvalue weighted by Gasteiger charge is 2.31. The Balaban J connectivity index is 1.75. The van der Waals surface area contributed by atoms with Crippen LogP contribution in [0.2, 0.25) is 0 Å². The van der Waals surface area contributed by atoms with Gasteiger partial charge in [0.15, 0.2) is 0 Å². The third-order valence-electron chi connectivity index (χ3n) is 4.86. The van der Waals surface area contributed by atoms with E-state index in [9.17, 15) is 0 Å². The maximum absolute atomic E-state index is 6.17. The number of hydrogen-bond donors (Lipinski definition) is 1. The van der Waals surface area contributed by atoms with E-state index in [1.165, 1.54) is 43.2 Å². The van der Waals surface area contributed by atoms with Crippen LogP contribution in [0.1, 0.15) is 56.3 Å². The lowest BCUT2D eigenvalue weighted by Gasteiger charge is -2.37. The first-order valence-electron chi connectivity index (χ1n) is 8.31. The van der Waals surface area contributed by atoms with Gasteiger partial charge in [0.1, 0.15) is 0 Å². The highest BCUT2D eigenvalue weighted by atomic mass is 16.5. The molecule has 0 saturated heterocycles. The van der Waals surface area contributed by atoms with E-state index in [-0.39, 0.29) is 6.10 Å². The normalized spacial score (nSPS) is 23.9. The van der Waals surface area contributed by atoms with E-state index in [0.29, 0.717) is 6.04 Å². The van der Waals surface area contributed by atoms with Crippen molar-refractivity contribution < 1.29 is 4.74 Å². The smallest absolute Gasteiger partial charge is 0.0980 e. The molecule has 1 aromatic rings. The Kier molecular flexibility index (Phi) is 4.74. The Bertz CT molecular complexity index is 427. The fourth-order valence-corrected chi connectivity index (χ4v) is 3.49. The van der Waals surface area contributed by atoms with Crippen LogP contribution in [0.3, 0.4) is 0 Å². The van der Waals surface area contributed by atoms with Crippen molar-refractivity contribution in [3.05, 3.63) is 35.4 Å². The number of benzene rings is 1. The molecule has 2 nitrogen and oxygen atoms in total. The predicted octanol–water partition coefficient (Wildman–Crippen LogP) is 3.86. The van der Waals surface area contributed by atoms with Gasteiger partial charge in [0.05, 0.1) is 12.7 Å². The molecule has 0 aromatic heterocycles. The van der Waals surface area contributed by atoms with Crippen LogP contribution in [-0.2, 0) is 11.2 Å². The number of ether oxygens (including phenoxy) is 1. The standard InChI is InChI=1S/C18H27NO/c1-2-11-19-17(13-14-6-5-7-14)18-16-9-4-3-8-15(16)10-12-20-18/h3-4,8-9,14,17-19H,2,5-7,10-13H2,1H3. The van der Waals surface area contributed by atoms with Gasteiger partial charge >= 0.3 is 0 Å². The van der Waals surface area contributed by atoms with E-state index in [2.05, 4.69) is 36.5 Å². The molecule has 1 saturated carbocycles. The van der Waals surface area contributed by atoms with Crippen LogP contribution in [-0.4, -0.2) is 19.2 Å². The van der Waals surface area contributed by atoms with Crippen molar-refractivity contribution in [2.75, 3.05) is 13.2 Å². The third kappa shape index (κ3) is 3.07. The molecule has 3 rings (SSSR count). The highest BCUT2D eigenvalue weighted by molar-refractivity contribution is 5.32. The molecule has 1 heterocycles. The first-order valence-corrected chi connectivity index (χ1v) is 8.31. The van der Waals surface area contributed by atoms with Crippen LogP contribution in [0.4, 0.5) is 0 Å². The van der Waals surface area contributed by atoms with E-state index in [1.54, 1.807) is 0 Å². The second kappa shape index (κ2) is 6.73. The predicted molar refractivity (Wildman–Crippen MR) is 82.9 cm³/mol. The van der Waals surface area contributed by atoms with Gasteiger partial charge in [-0.15, -0.1) is 0 Å². The van der Waals surface area contributed by atoms with Crippen LogP contribution in [0.5, 0.6) is 0 Å². The van der Waals surface area contributed by atoms with E-state index in [0.717, 1.165) is 25.5 Å². The Morgan fingerprint density at radius 3 is 2.90 bits per heavy atom. The summed E-state index contributed by atoms with van der Waals surface area (Å²) in [6.07, 6.45) is 8.04. The van der Waals surface area contributed by atoms with E-state index >= 15 is 0 Å². The van der Waals surface area contributed by atoms with Crippen molar-refractivity contribution in [2.24, 2.45) is 5.92 Å². The minimum atomic E-state index is 0.257. The summed E-state index contributed by atoms with van der Waals surface area (Å²) in [7, 11) is 0. The molecule has 2 unspecified atom stereocenters. The van der Waals surface area contributed by atoms with Gasteiger partial charge in [0, 0.05) is 6.04 Å². The lowest BCUT2D eigenvalue weighted by molar-refractivity contribution is 0.00584. The fraction of sp³-hybridized carbons (Fsp3) is 0.667. The van der Waals surface area contributed by atoms with Crippen LogP contribution < -0.4 is 5.32 Å². The summed E-state index contributed by atoms with van der Waals surface area (Å²) >= 11 is 0. The molecule has 20 heavy (non-hydrogen) atoms. The SMILES string of the molecule is CCCNC(CC1CCC1)C1OCCc2ccccc21. The summed E-state index contributed by atoms with van der Waals surface area (Å²) in [5.74, 6) is 0.919. The quantitative estimate of drug-likeness (QED) is 0.850. The number of nitrogens with one attached hydrogen (secondary N) is 1. The molecule has 0 spiro atoms. The van der Waals surface area contributed by atoms with Gasteiger partial charge in [-0.25, -0.2) is 0 Å². The molecular weight excluding hydrogens is 246 g/mol. The minimum Gasteiger partial charge on any atom is -0.372 e. The van der Waals surface area contributed by atoms with Crippen LogP contribution in [0.25, 0.3) is 0 Å². The molecule has 0 bridgehead atoms. The molecule has 0 radical (unpaired) electrons. The molecular formula is C18H27NO. The summed E-state index contributed by atoms with van der Waals surface area (Å²) in [4.78, 5) is 0. The van der Waals surface area contributed by atoms with E-state index in [4.69, 9.17) is 4.74 Å². The average molecular weight is 273 g/mol. The molecule has 1 aliphatic heterocycles. The van der Waals surface area contributed by atoms with Gasteiger partial charge in [-0.2, -0.15) is 0 Å². The van der Waals surface area contributed by atoms with Crippen molar-refractivity contribution >= 4 is 0 Å². The topological polar surface area (TPSA) is 21.3 Å². The van der Waals surface area contributed by atoms with Gasteiger partial charge in [0.25, 0.3) is 0 Å². The second-order valence-electron chi connectivity index (χ2n) is 6.33. The lowest BCUT2D eigenvalue weighted by atomic mass is 9.78. The fourth-order valence-electron chi connectivity index (χ4n) is 3.49. The second-order valence-corrected chi connectivity index (χ2v) is 6.33. The first kappa shape index (κ1) is 14.1. The zero-order valence-electron chi connectivity index (χ0n) is 12.6. The van der Waals surface area contributed by atoms with Crippen molar-refractivity contribution in [1.82, 2.24) is 5.32 Å². The van der Waals surface area contributed by atoms with E-state index < -0.39 is 0 Å². The average Bonchev–Trinajstić information content (AvgIpc) is 2.45. The largest absolute Gasteiger partial charge is 0.372 e. The molecule has 110 valence electrons. The lowest BCUT2D eigenvalue weighted by Crippen LogP contribution is -2.41. The van der Waals surface area contributed by atoms with Crippen molar-refractivity contribution in [3.8, 4) is 0 Å². The number of fused-ring (bicyclic) bond motifs is 1. The van der Waals surface area contributed by atoms with Crippen LogP contribution >= 0.6 is 0 Å². The maximum Gasteiger partial charge on any atom is 0.0980 e. The molecule has 2 atom stereocenters. The number of rotatable bonds is 6. The Morgan fingerprint density at radius 1 is 1.30 bits per heavy atom. The Labute approximate surface area is 122 Å². The van der Waals surface area contributed by atoms with Gasteiger partial charge in [-0.3, -0.25) is 0 Å². The summed E-state index contributed by atoms with van der Waals surface area (Å²) in [6.45, 7) is 4.21. The highest BCUT2D eigenvalue weighted by Crippen LogP contribution is 2.37. The molecule has 1 fully saturated rings. The summed E-state index contributed by atoms with van der Waals surface area (Å²) < 4.78 is 6.17. The molecule has 1 aliphatic carbocycles. The summed E-state index contributed by atoms with van der Waals surface area (Å²) in [6, 6.07) is 9.33. The molecule has 1 N–H and O–H groups in total. The summed E-state index contributed by atoms with van der Waals surface area (Å²) in [5.41, 5.74) is 2.91. The van der Waals surface area contributed by atoms with Crippen LogP contribution in [0.15, 0.2) is 24.3 Å².